The normalized spacial score (nSPS) is 30.9. The lowest BCUT2D eigenvalue weighted by atomic mass is 9.84. The second-order valence-electron chi connectivity index (χ2n) is 6.97. The second kappa shape index (κ2) is 7.61. The molecule has 19 heavy (non-hydrogen) atoms. The monoisotopic (exact) mass is 268 g/mol. The van der Waals surface area contributed by atoms with Crippen molar-refractivity contribution in [1.82, 2.24) is 10.2 Å². The highest BCUT2D eigenvalue weighted by atomic mass is 16.3. The van der Waals surface area contributed by atoms with Gasteiger partial charge in [0.05, 0.1) is 0 Å². The maximum atomic E-state index is 9.48. The van der Waals surface area contributed by atoms with Gasteiger partial charge >= 0.3 is 0 Å². The van der Waals surface area contributed by atoms with E-state index in [1.54, 1.807) is 0 Å². The first-order valence-corrected chi connectivity index (χ1v) is 8.28. The van der Waals surface area contributed by atoms with Gasteiger partial charge in [0.1, 0.15) is 0 Å². The van der Waals surface area contributed by atoms with Crippen LogP contribution in [0.15, 0.2) is 0 Å². The van der Waals surface area contributed by atoms with E-state index in [1.165, 1.54) is 58.2 Å². The van der Waals surface area contributed by atoms with Crippen molar-refractivity contribution in [3.63, 3.8) is 0 Å². The summed E-state index contributed by atoms with van der Waals surface area (Å²) in [6.07, 6.45) is 7.66. The quantitative estimate of drug-likeness (QED) is 0.803. The van der Waals surface area contributed by atoms with Crippen LogP contribution in [0.2, 0.25) is 0 Å². The molecule has 0 aromatic carbocycles. The number of nitrogens with zero attached hydrogens (tertiary/aromatic N) is 1. The van der Waals surface area contributed by atoms with Crippen LogP contribution < -0.4 is 5.32 Å². The van der Waals surface area contributed by atoms with Crippen LogP contribution in [0.25, 0.3) is 0 Å². The van der Waals surface area contributed by atoms with Crippen molar-refractivity contribution in [2.75, 3.05) is 26.2 Å². The lowest BCUT2D eigenvalue weighted by Crippen LogP contribution is -2.50. The molecule has 1 aliphatic heterocycles. The molecule has 2 rings (SSSR count). The number of hydrogen-bond acceptors (Lipinski definition) is 3. The molecule has 2 fully saturated rings. The summed E-state index contributed by atoms with van der Waals surface area (Å²) >= 11 is 0. The van der Waals surface area contributed by atoms with Crippen LogP contribution in [0.4, 0.5) is 0 Å². The Morgan fingerprint density at radius 2 is 1.79 bits per heavy atom. The van der Waals surface area contributed by atoms with E-state index in [0.29, 0.717) is 24.6 Å². The third kappa shape index (κ3) is 4.73. The first-order valence-electron chi connectivity index (χ1n) is 8.28. The molecule has 1 saturated carbocycles. The molecule has 3 heteroatoms. The van der Waals surface area contributed by atoms with Crippen LogP contribution in [-0.2, 0) is 0 Å². The van der Waals surface area contributed by atoms with Crippen molar-refractivity contribution in [3.05, 3.63) is 0 Å². The maximum Gasteiger partial charge on any atom is 0.0474 e. The van der Waals surface area contributed by atoms with Crippen molar-refractivity contribution in [2.24, 2.45) is 11.8 Å². The van der Waals surface area contributed by atoms with E-state index in [9.17, 15) is 5.11 Å². The summed E-state index contributed by atoms with van der Waals surface area (Å²) in [5, 5.41) is 13.3. The molecule has 0 aromatic heterocycles. The van der Waals surface area contributed by atoms with Crippen LogP contribution in [0, 0.1) is 11.8 Å². The van der Waals surface area contributed by atoms with Gasteiger partial charge in [0.25, 0.3) is 0 Å². The molecule has 0 amide bonds. The number of aliphatic hydroxyl groups is 1. The van der Waals surface area contributed by atoms with Crippen molar-refractivity contribution >= 4 is 0 Å². The minimum Gasteiger partial charge on any atom is -0.396 e. The molecule has 2 atom stereocenters. The number of aliphatic hydroxyl groups excluding tert-OH is 1. The SMILES string of the molecule is CC(C)CN1CCC(NC2CCCCC2CO)CC1. The van der Waals surface area contributed by atoms with Gasteiger partial charge in [0.2, 0.25) is 0 Å². The molecule has 0 bridgehead atoms. The van der Waals surface area contributed by atoms with E-state index < -0.39 is 0 Å². The summed E-state index contributed by atoms with van der Waals surface area (Å²) in [7, 11) is 0. The fraction of sp³-hybridized carbons (Fsp3) is 1.00. The smallest absolute Gasteiger partial charge is 0.0474 e. The molecule has 1 saturated heterocycles. The molecular formula is C16H32N2O. The van der Waals surface area contributed by atoms with E-state index in [0.717, 1.165) is 5.92 Å². The Bertz CT molecular complexity index is 249. The summed E-state index contributed by atoms with van der Waals surface area (Å²) < 4.78 is 0. The highest BCUT2D eigenvalue weighted by molar-refractivity contribution is 4.86. The highest BCUT2D eigenvalue weighted by Gasteiger charge is 2.28. The van der Waals surface area contributed by atoms with Gasteiger partial charge in [-0.25, -0.2) is 0 Å². The molecule has 2 aliphatic rings. The molecular weight excluding hydrogens is 236 g/mol. The summed E-state index contributed by atoms with van der Waals surface area (Å²) in [5.74, 6) is 1.28. The zero-order chi connectivity index (χ0) is 13.7. The van der Waals surface area contributed by atoms with Crippen LogP contribution in [0.3, 0.4) is 0 Å². The predicted molar refractivity (Wildman–Crippen MR) is 80.3 cm³/mol. The zero-order valence-corrected chi connectivity index (χ0v) is 12.8. The van der Waals surface area contributed by atoms with E-state index in [1.807, 2.05) is 0 Å². The molecule has 3 nitrogen and oxygen atoms in total. The Morgan fingerprint density at radius 1 is 1.11 bits per heavy atom. The summed E-state index contributed by atoms with van der Waals surface area (Å²) in [6.45, 7) is 8.70. The first-order chi connectivity index (χ1) is 9.19. The lowest BCUT2D eigenvalue weighted by molar-refractivity contribution is 0.124. The van der Waals surface area contributed by atoms with Gasteiger partial charge in [-0.2, -0.15) is 0 Å². The Kier molecular flexibility index (Phi) is 6.11. The summed E-state index contributed by atoms with van der Waals surface area (Å²) in [5.41, 5.74) is 0. The lowest BCUT2D eigenvalue weighted by Gasteiger charge is -2.38. The highest BCUT2D eigenvalue weighted by Crippen LogP contribution is 2.25. The van der Waals surface area contributed by atoms with Gasteiger partial charge < -0.3 is 15.3 Å². The number of hydrogen-bond donors (Lipinski definition) is 2. The molecule has 2 N–H and O–H groups in total. The molecule has 0 spiro atoms. The first kappa shape index (κ1) is 15.3. The third-order valence-corrected chi connectivity index (χ3v) is 4.80. The Hall–Kier alpha value is -0.120. The van der Waals surface area contributed by atoms with Gasteiger partial charge in [0.15, 0.2) is 0 Å². The van der Waals surface area contributed by atoms with Crippen LogP contribution in [0.1, 0.15) is 52.4 Å². The topological polar surface area (TPSA) is 35.5 Å². The molecule has 1 heterocycles. The summed E-state index contributed by atoms with van der Waals surface area (Å²) in [4.78, 5) is 2.60. The predicted octanol–water partition coefficient (Wildman–Crippen LogP) is 2.25. The largest absolute Gasteiger partial charge is 0.396 e. The van der Waals surface area contributed by atoms with E-state index >= 15 is 0 Å². The number of piperidine rings is 1. The standard InChI is InChI=1S/C16H32N2O/c1-13(2)11-18-9-7-15(8-10-18)17-16-6-4-3-5-14(16)12-19/h13-17,19H,3-12H2,1-2H3. The Balaban J connectivity index is 1.72. The molecule has 2 unspecified atom stereocenters. The molecule has 1 aliphatic carbocycles. The van der Waals surface area contributed by atoms with Crippen LogP contribution >= 0.6 is 0 Å². The average Bonchev–Trinajstić information content (AvgIpc) is 2.41. The Morgan fingerprint density at radius 3 is 2.42 bits per heavy atom. The van der Waals surface area contributed by atoms with Crippen molar-refractivity contribution < 1.29 is 5.11 Å². The van der Waals surface area contributed by atoms with Gasteiger partial charge in [-0.3, -0.25) is 0 Å². The number of likely N-dealkylation sites (tertiary alicyclic amines) is 1. The van der Waals surface area contributed by atoms with Crippen LogP contribution in [0.5, 0.6) is 0 Å². The van der Waals surface area contributed by atoms with Crippen molar-refractivity contribution in [1.29, 1.82) is 0 Å². The van der Waals surface area contributed by atoms with Crippen LogP contribution in [-0.4, -0.2) is 48.3 Å². The minimum atomic E-state index is 0.365. The molecule has 112 valence electrons. The maximum absolute atomic E-state index is 9.48. The number of nitrogens with one attached hydrogen (secondary N) is 1. The fourth-order valence-electron chi connectivity index (χ4n) is 3.75. The van der Waals surface area contributed by atoms with Gasteiger partial charge in [-0.1, -0.05) is 26.7 Å². The summed E-state index contributed by atoms with van der Waals surface area (Å²) in [6, 6.07) is 1.25. The van der Waals surface area contributed by atoms with E-state index in [2.05, 4.69) is 24.1 Å². The third-order valence-electron chi connectivity index (χ3n) is 4.80. The number of rotatable bonds is 5. The average molecular weight is 268 g/mol. The van der Waals surface area contributed by atoms with Gasteiger partial charge in [-0.15, -0.1) is 0 Å². The second-order valence-corrected chi connectivity index (χ2v) is 6.97. The minimum absolute atomic E-state index is 0.365. The van der Waals surface area contributed by atoms with Crippen molar-refractivity contribution in [3.8, 4) is 0 Å². The fourth-order valence-corrected chi connectivity index (χ4v) is 3.75. The molecule has 0 radical (unpaired) electrons. The molecule has 0 aromatic rings. The van der Waals surface area contributed by atoms with Gasteiger partial charge in [-0.05, 0) is 50.6 Å². The van der Waals surface area contributed by atoms with Crippen molar-refractivity contribution in [2.45, 2.75) is 64.5 Å². The van der Waals surface area contributed by atoms with E-state index in [4.69, 9.17) is 0 Å². The van der Waals surface area contributed by atoms with E-state index in [-0.39, 0.29) is 0 Å². The Labute approximate surface area is 118 Å². The zero-order valence-electron chi connectivity index (χ0n) is 12.8. The van der Waals surface area contributed by atoms with Gasteiger partial charge in [0, 0.05) is 25.2 Å².